The van der Waals surface area contributed by atoms with E-state index in [2.05, 4.69) is 0 Å². The smallest absolute Gasteiger partial charge is 0.403 e. The maximum atomic E-state index is 12.7. The Morgan fingerprint density at radius 1 is 1.21 bits per heavy atom. The molecule has 0 aromatic carbocycles. The largest absolute Gasteiger partial charge is 0.481 e. The molecule has 0 spiro atoms. The molecular formula is C13H20F3NO2. The molecule has 1 saturated carbocycles. The van der Waals surface area contributed by atoms with E-state index in [9.17, 15) is 18.0 Å². The van der Waals surface area contributed by atoms with E-state index in [1.807, 2.05) is 0 Å². The number of halogens is 3. The highest BCUT2D eigenvalue weighted by Crippen LogP contribution is 2.37. The first kappa shape index (κ1) is 14.6. The third-order valence-corrected chi connectivity index (χ3v) is 4.51. The Morgan fingerprint density at radius 2 is 1.84 bits per heavy atom. The predicted octanol–water partition coefficient (Wildman–Crippen LogP) is 2.76. The quantitative estimate of drug-likeness (QED) is 0.863. The van der Waals surface area contributed by atoms with Crippen molar-refractivity contribution in [2.24, 2.45) is 17.8 Å². The van der Waals surface area contributed by atoms with Crippen LogP contribution in [0.25, 0.3) is 0 Å². The van der Waals surface area contributed by atoms with Gasteiger partial charge in [0.15, 0.2) is 5.92 Å². The standard InChI is InChI=1S/C13H20F3NO2/c14-13(15,16)11(12(18)19)8-17-6-5-9-3-1-2-4-10(9)7-17/h9-11H,1-8H2,(H,18,19). The summed E-state index contributed by atoms with van der Waals surface area (Å²) in [6, 6.07) is 0. The molecule has 3 nitrogen and oxygen atoms in total. The zero-order valence-electron chi connectivity index (χ0n) is 10.8. The molecule has 0 bridgehead atoms. The van der Waals surface area contributed by atoms with Crippen LogP contribution in [0.1, 0.15) is 32.1 Å². The van der Waals surface area contributed by atoms with Gasteiger partial charge in [-0.1, -0.05) is 19.3 Å². The second kappa shape index (κ2) is 5.69. The normalized spacial score (nSPS) is 30.7. The van der Waals surface area contributed by atoms with Crippen molar-refractivity contribution < 1.29 is 23.1 Å². The summed E-state index contributed by atoms with van der Waals surface area (Å²) in [4.78, 5) is 12.4. The Balaban J connectivity index is 1.93. The maximum absolute atomic E-state index is 12.7. The lowest BCUT2D eigenvalue weighted by Crippen LogP contribution is -2.47. The van der Waals surface area contributed by atoms with Gasteiger partial charge in [0.1, 0.15) is 0 Å². The number of carboxylic acid groups (broad SMARTS) is 1. The number of hydrogen-bond acceptors (Lipinski definition) is 2. The Bertz CT molecular complexity index is 332. The number of carboxylic acids is 1. The molecule has 1 N–H and O–H groups in total. The van der Waals surface area contributed by atoms with Gasteiger partial charge < -0.3 is 10.0 Å². The van der Waals surface area contributed by atoms with E-state index in [-0.39, 0.29) is 0 Å². The molecule has 2 rings (SSSR count). The minimum Gasteiger partial charge on any atom is -0.481 e. The van der Waals surface area contributed by atoms with E-state index in [0.29, 0.717) is 24.9 Å². The van der Waals surface area contributed by atoms with Crippen LogP contribution >= 0.6 is 0 Å². The number of hydrogen-bond donors (Lipinski definition) is 1. The van der Waals surface area contributed by atoms with Crippen LogP contribution in [0.2, 0.25) is 0 Å². The van der Waals surface area contributed by atoms with Gasteiger partial charge in [-0.15, -0.1) is 0 Å². The molecule has 3 unspecified atom stereocenters. The lowest BCUT2D eigenvalue weighted by atomic mass is 9.75. The van der Waals surface area contributed by atoms with Crippen LogP contribution in [-0.2, 0) is 4.79 Å². The molecule has 3 atom stereocenters. The molecular weight excluding hydrogens is 259 g/mol. The summed E-state index contributed by atoms with van der Waals surface area (Å²) in [5, 5.41) is 8.73. The number of piperidine rings is 1. The first-order valence-electron chi connectivity index (χ1n) is 6.90. The summed E-state index contributed by atoms with van der Waals surface area (Å²) in [7, 11) is 0. The Hall–Kier alpha value is -0.780. The van der Waals surface area contributed by atoms with E-state index in [1.165, 1.54) is 12.8 Å². The number of nitrogens with zero attached hydrogens (tertiary/aromatic N) is 1. The topological polar surface area (TPSA) is 40.5 Å². The first-order chi connectivity index (χ1) is 8.88. The zero-order chi connectivity index (χ0) is 14.0. The van der Waals surface area contributed by atoms with Crippen molar-refractivity contribution in [2.75, 3.05) is 19.6 Å². The third kappa shape index (κ3) is 3.61. The van der Waals surface area contributed by atoms with E-state index in [0.717, 1.165) is 19.3 Å². The molecule has 6 heteroatoms. The van der Waals surface area contributed by atoms with Gasteiger partial charge in [0.25, 0.3) is 0 Å². The second-order valence-electron chi connectivity index (χ2n) is 5.79. The summed E-state index contributed by atoms with van der Waals surface area (Å²) in [6.45, 7) is 0.827. The molecule has 1 aliphatic carbocycles. The average molecular weight is 279 g/mol. The van der Waals surface area contributed by atoms with Gasteiger partial charge in [-0.2, -0.15) is 13.2 Å². The predicted molar refractivity (Wildman–Crippen MR) is 63.7 cm³/mol. The fraction of sp³-hybridized carbons (Fsp3) is 0.923. The van der Waals surface area contributed by atoms with Gasteiger partial charge in [0.2, 0.25) is 0 Å². The number of alkyl halides is 3. The molecule has 0 radical (unpaired) electrons. The maximum Gasteiger partial charge on any atom is 0.403 e. The molecule has 0 aromatic rings. The van der Waals surface area contributed by atoms with Crippen LogP contribution in [0.3, 0.4) is 0 Å². The van der Waals surface area contributed by atoms with Gasteiger partial charge >= 0.3 is 12.1 Å². The molecule has 0 amide bonds. The summed E-state index contributed by atoms with van der Waals surface area (Å²) in [6.07, 6.45) is 0.882. The van der Waals surface area contributed by atoms with Crippen LogP contribution in [0.5, 0.6) is 0 Å². The highest BCUT2D eigenvalue weighted by atomic mass is 19.4. The minimum absolute atomic E-state index is 0.401. The lowest BCUT2D eigenvalue weighted by molar-refractivity contribution is -0.197. The number of likely N-dealkylation sites (tertiary alicyclic amines) is 1. The van der Waals surface area contributed by atoms with Crippen molar-refractivity contribution in [1.82, 2.24) is 4.90 Å². The minimum atomic E-state index is -4.66. The van der Waals surface area contributed by atoms with Gasteiger partial charge in [-0.05, 0) is 31.2 Å². The summed E-state index contributed by atoms with van der Waals surface area (Å²) < 4.78 is 38.0. The molecule has 0 aromatic heterocycles. The summed E-state index contributed by atoms with van der Waals surface area (Å²) in [5.74, 6) is -2.92. The van der Waals surface area contributed by atoms with Crippen molar-refractivity contribution in [3.63, 3.8) is 0 Å². The van der Waals surface area contributed by atoms with Crippen molar-refractivity contribution in [3.8, 4) is 0 Å². The number of carbonyl (C=O) groups is 1. The molecule has 1 heterocycles. The van der Waals surface area contributed by atoms with Gasteiger partial charge in [0, 0.05) is 13.1 Å². The summed E-state index contributed by atoms with van der Waals surface area (Å²) in [5.41, 5.74) is 0. The van der Waals surface area contributed by atoms with Gasteiger partial charge in [0.05, 0.1) is 0 Å². The SMILES string of the molecule is O=C(O)C(CN1CCC2CCCCC2C1)C(F)(F)F. The molecule has 2 aliphatic rings. The number of rotatable bonds is 3. The van der Waals surface area contributed by atoms with Crippen LogP contribution in [0.4, 0.5) is 13.2 Å². The Kier molecular flexibility index (Phi) is 4.38. The fourth-order valence-electron chi connectivity index (χ4n) is 3.42. The van der Waals surface area contributed by atoms with E-state index < -0.39 is 24.6 Å². The van der Waals surface area contributed by atoms with Crippen molar-refractivity contribution in [2.45, 2.75) is 38.3 Å². The van der Waals surface area contributed by atoms with E-state index in [4.69, 9.17) is 5.11 Å². The lowest BCUT2D eigenvalue weighted by Gasteiger charge is -2.42. The molecule has 1 saturated heterocycles. The monoisotopic (exact) mass is 279 g/mol. The first-order valence-corrected chi connectivity index (χ1v) is 6.90. The van der Waals surface area contributed by atoms with E-state index >= 15 is 0 Å². The van der Waals surface area contributed by atoms with Crippen LogP contribution in [0, 0.1) is 17.8 Å². The van der Waals surface area contributed by atoms with Crippen molar-refractivity contribution in [1.29, 1.82) is 0 Å². The number of aliphatic carboxylic acids is 1. The Labute approximate surface area is 110 Å². The van der Waals surface area contributed by atoms with Crippen molar-refractivity contribution in [3.05, 3.63) is 0 Å². The second-order valence-corrected chi connectivity index (χ2v) is 5.79. The summed E-state index contributed by atoms with van der Waals surface area (Å²) >= 11 is 0. The van der Waals surface area contributed by atoms with Crippen LogP contribution in [-0.4, -0.2) is 41.8 Å². The van der Waals surface area contributed by atoms with Gasteiger partial charge in [-0.3, -0.25) is 4.79 Å². The number of fused-ring (bicyclic) bond motifs is 1. The van der Waals surface area contributed by atoms with E-state index in [1.54, 1.807) is 4.90 Å². The highest BCUT2D eigenvalue weighted by molar-refractivity contribution is 5.71. The molecule has 110 valence electrons. The third-order valence-electron chi connectivity index (χ3n) is 4.51. The van der Waals surface area contributed by atoms with Crippen molar-refractivity contribution >= 4 is 5.97 Å². The molecule has 1 aliphatic heterocycles. The average Bonchev–Trinajstić information content (AvgIpc) is 2.34. The van der Waals surface area contributed by atoms with Crippen LogP contribution in [0.15, 0.2) is 0 Å². The zero-order valence-corrected chi connectivity index (χ0v) is 10.8. The fourth-order valence-corrected chi connectivity index (χ4v) is 3.42. The molecule has 19 heavy (non-hydrogen) atoms. The highest BCUT2D eigenvalue weighted by Gasteiger charge is 2.46. The van der Waals surface area contributed by atoms with Crippen LogP contribution < -0.4 is 0 Å². The van der Waals surface area contributed by atoms with Gasteiger partial charge in [-0.25, -0.2) is 0 Å². The Morgan fingerprint density at radius 3 is 2.42 bits per heavy atom. The molecule has 2 fully saturated rings.